The maximum Gasteiger partial charge on any atom is 0.254 e. The Hall–Kier alpha value is -1.95. The first-order chi connectivity index (χ1) is 12.1. The van der Waals surface area contributed by atoms with E-state index in [-0.39, 0.29) is 11.5 Å². The summed E-state index contributed by atoms with van der Waals surface area (Å²) in [6, 6.07) is 3.33. The first-order valence-electron chi connectivity index (χ1n) is 9.27. The summed E-state index contributed by atoms with van der Waals surface area (Å²) in [5.41, 5.74) is 1.33. The van der Waals surface area contributed by atoms with Gasteiger partial charge in [-0.15, -0.1) is 0 Å². The van der Waals surface area contributed by atoms with E-state index in [0.717, 1.165) is 5.56 Å². The van der Waals surface area contributed by atoms with Crippen LogP contribution in [0.15, 0.2) is 12.1 Å². The van der Waals surface area contributed by atoms with Crippen LogP contribution in [-0.2, 0) is 11.2 Å². The van der Waals surface area contributed by atoms with E-state index < -0.39 is 11.7 Å². The zero-order valence-electron chi connectivity index (χ0n) is 14.5. The molecule has 2 amide bonds. The fraction of sp³-hybridized carbons (Fsp3) is 0.579. The summed E-state index contributed by atoms with van der Waals surface area (Å²) in [7, 11) is 0. The predicted octanol–water partition coefficient (Wildman–Crippen LogP) is 2.75. The second-order valence-electron chi connectivity index (χ2n) is 6.94. The molecule has 1 fully saturated rings. The lowest BCUT2D eigenvalue weighted by Crippen LogP contribution is -2.37. The van der Waals surface area contributed by atoms with Crippen LogP contribution in [0.1, 0.15) is 60.9 Å². The zero-order chi connectivity index (χ0) is 17.6. The minimum atomic E-state index is -0.602. The van der Waals surface area contributed by atoms with Crippen LogP contribution in [0.3, 0.4) is 0 Å². The Morgan fingerprint density at radius 2 is 1.88 bits per heavy atom. The molecule has 1 aliphatic carbocycles. The van der Waals surface area contributed by atoms with Crippen molar-refractivity contribution >= 4 is 17.5 Å². The van der Waals surface area contributed by atoms with Gasteiger partial charge in [-0.25, -0.2) is 4.39 Å². The highest BCUT2D eigenvalue weighted by Gasteiger charge is 2.20. The summed E-state index contributed by atoms with van der Waals surface area (Å²) < 4.78 is 14.2. The van der Waals surface area contributed by atoms with Gasteiger partial charge in [0.25, 0.3) is 5.91 Å². The Kier molecular flexibility index (Phi) is 6.02. The number of carbonyl (C=O) groups excluding carboxylic acids is 2. The fourth-order valence-corrected chi connectivity index (χ4v) is 3.61. The van der Waals surface area contributed by atoms with Crippen molar-refractivity contribution in [1.82, 2.24) is 10.6 Å². The van der Waals surface area contributed by atoms with Crippen LogP contribution in [-0.4, -0.2) is 30.9 Å². The summed E-state index contributed by atoms with van der Waals surface area (Å²) in [5.74, 6) is -1.12. The molecule has 2 aliphatic rings. The van der Waals surface area contributed by atoms with Gasteiger partial charge in [-0.05, 0) is 37.0 Å². The van der Waals surface area contributed by atoms with E-state index in [1.807, 2.05) is 0 Å². The third-order valence-corrected chi connectivity index (χ3v) is 5.03. The Labute approximate surface area is 147 Å². The molecular formula is C19H26FN3O2. The molecule has 3 N–H and O–H groups in total. The number of halogens is 1. The van der Waals surface area contributed by atoms with Crippen molar-refractivity contribution in [3.8, 4) is 0 Å². The van der Waals surface area contributed by atoms with Gasteiger partial charge >= 0.3 is 0 Å². The van der Waals surface area contributed by atoms with E-state index in [0.29, 0.717) is 37.7 Å². The average Bonchev–Trinajstić information content (AvgIpc) is 2.86. The van der Waals surface area contributed by atoms with Crippen LogP contribution >= 0.6 is 0 Å². The lowest BCUT2D eigenvalue weighted by Gasteiger charge is -2.18. The van der Waals surface area contributed by atoms with Gasteiger partial charge in [0, 0.05) is 31.2 Å². The van der Waals surface area contributed by atoms with Crippen LogP contribution in [0.25, 0.3) is 0 Å². The largest absolute Gasteiger partial charge is 0.351 e. The van der Waals surface area contributed by atoms with E-state index in [1.54, 1.807) is 6.07 Å². The van der Waals surface area contributed by atoms with Gasteiger partial charge in [0.1, 0.15) is 5.82 Å². The summed E-state index contributed by atoms with van der Waals surface area (Å²) in [6.07, 6.45) is 8.44. The van der Waals surface area contributed by atoms with Gasteiger partial charge in [0.05, 0.1) is 5.56 Å². The first kappa shape index (κ1) is 17.9. The third kappa shape index (κ3) is 4.78. The van der Waals surface area contributed by atoms with Crippen LogP contribution in [0.4, 0.5) is 10.1 Å². The van der Waals surface area contributed by atoms with Crippen molar-refractivity contribution in [2.24, 2.45) is 0 Å². The number of aryl methyl sites for hydroxylation is 1. The van der Waals surface area contributed by atoms with Crippen molar-refractivity contribution in [1.29, 1.82) is 0 Å². The molecule has 5 nitrogen and oxygen atoms in total. The molecule has 1 saturated carbocycles. The van der Waals surface area contributed by atoms with E-state index >= 15 is 0 Å². The number of anilines is 1. The molecule has 0 spiro atoms. The molecule has 1 aliphatic heterocycles. The summed E-state index contributed by atoms with van der Waals surface area (Å²) in [6.45, 7) is 1.17. The van der Waals surface area contributed by atoms with Crippen LogP contribution < -0.4 is 16.0 Å². The topological polar surface area (TPSA) is 70.2 Å². The van der Waals surface area contributed by atoms with Crippen molar-refractivity contribution in [2.45, 2.75) is 57.4 Å². The van der Waals surface area contributed by atoms with Crippen molar-refractivity contribution in [3.05, 3.63) is 29.1 Å². The standard InChI is InChI=1S/C19H26FN3O2/c20-16-12-17-13(7-8-18(24)23-17)11-15(16)19(25)22-10-9-21-14-5-3-1-2-4-6-14/h11-12,14,21H,1-10H2,(H,22,25)(H,23,24). The summed E-state index contributed by atoms with van der Waals surface area (Å²) in [5, 5.41) is 8.90. The molecule has 0 aromatic heterocycles. The van der Waals surface area contributed by atoms with Gasteiger partial charge < -0.3 is 16.0 Å². The number of amides is 2. The highest BCUT2D eigenvalue weighted by molar-refractivity contribution is 5.98. The first-order valence-corrected chi connectivity index (χ1v) is 9.27. The Bertz CT molecular complexity index is 640. The minimum absolute atomic E-state index is 0.0457. The maximum atomic E-state index is 14.2. The molecule has 6 heteroatoms. The van der Waals surface area contributed by atoms with E-state index in [9.17, 15) is 14.0 Å². The molecule has 1 aromatic carbocycles. The van der Waals surface area contributed by atoms with Gasteiger partial charge in [-0.3, -0.25) is 9.59 Å². The Morgan fingerprint density at radius 1 is 1.12 bits per heavy atom. The van der Waals surface area contributed by atoms with E-state index in [1.165, 1.54) is 44.6 Å². The zero-order valence-corrected chi connectivity index (χ0v) is 14.5. The lowest BCUT2D eigenvalue weighted by atomic mass is 9.99. The van der Waals surface area contributed by atoms with E-state index in [2.05, 4.69) is 16.0 Å². The number of rotatable bonds is 5. The number of hydrogen-bond acceptors (Lipinski definition) is 3. The SMILES string of the molecule is O=C1CCc2cc(C(=O)NCCNC3CCCCCC3)c(F)cc2N1. The molecule has 1 aromatic rings. The highest BCUT2D eigenvalue weighted by Crippen LogP contribution is 2.25. The quantitative estimate of drug-likeness (QED) is 0.567. The lowest BCUT2D eigenvalue weighted by molar-refractivity contribution is -0.116. The van der Waals surface area contributed by atoms with Crippen molar-refractivity contribution < 1.29 is 14.0 Å². The molecule has 0 bridgehead atoms. The summed E-state index contributed by atoms with van der Waals surface area (Å²) >= 11 is 0. The third-order valence-electron chi connectivity index (χ3n) is 5.03. The number of hydrogen-bond donors (Lipinski definition) is 3. The smallest absolute Gasteiger partial charge is 0.254 e. The van der Waals surface area contributed by atoms with Gasteiger partial charge in [0.2, 0.25) is 5.91 Å². The minimum Gasteiger partial charge on any atom is -0.351 e. The Morgan fingerprint density at radius 3 is 2.64 bits per heavy atom. The van der Waals surface area contributed by atoms with Gasteiger partial charge in [-0.1, -0.05) is 25.7 Å². The highest BCUT2D eigenvalue weighted by atomic mass is 19.1. The van der Waals surface area contributed by atoms with Crippen LogP contribution in [0, 0.1) is 5.82 Å². The maximum absolute atomic E-state index is 14.2. The van der Waals surface area contributed by atoms with Gasteiger partial charge in [0.15, 0.2) is 0 Å². The van der Waals surface area contributed by atoms with Crippen molar-refractivity contribution in [3.63, 3.8) is 0 Å². The normalized spacial score (nSPS) is 18.2. The molecule has 0 saturated heterocycles. The Balaban J connectivity index is 1.50. The van der Waals surface area contributed by atoms with E-state index in [4.69, 9.17) is 0 Å². The molecule has 0 atom stereocenters. The molecular weight excluding hydrogens is 321 g/mol. The molecule has 25 heavy (non-hydrogen) atoms. The van der Waals surface area contributed by atoms with Crippen LogP contribution in [0.2, 0.25) is 0 Å². The number of fused-ring (bicyclic) bond motifs is 1. The number of carbonyl (C=O) groups is 2. The second-order valence-corrected chi connectivity index (χ2v) is 6.94. The molecule has 136 valence electrons. The number of benzene rings is 1. The number of nitrogens with one attached hydrogen (secondary N) is 3. The molecule has 1 heterocycles. The second kappa shape index (κ2) is 8.43. The fourth-order valence-electron chi connectivity index (χ4n) is 3.61. The summed E-state index contributed by atoms with van der Waals surface area (Å²) in [4.78, 5) is 23.6. The monoisotopic (exact) mass is 347 g/mol. The van der Waals surface area contributed by atoms with Crippen LogP contribution in [0.5, 0.6) is 0 Å². The van der Waals surface area contributed by atoms with Gasteiger partial charge in [-0.2, -0.15) is 0 Å². The molecule has 0 radical (unpaired) electrons. The molecule has 3 rings (SSSR count). The molecule has 0 unspecified atom stereocenters. The predicted molar refractivity (Wildman–Crippen MR) is 95.2 cm³/mol. The van der Waals surface area contributed by atoms with Crippen molar-refractivity contribution in [2.75, 3.05) is 18.4 Å². The average molecular weight is 347 g/mol.